The van der Waals surface area contributed by atoms with Crippen molar-refractivity contribution in [1.82, 2.24) is 5.32 Å². The monoisotopic (exact) mass is 349 g/mol. The van der Waals surface area contributed by atoms with E-state index in [4.69, 9.17) is 0 Å². The molecule has 0 amide bonds. The number of halogens is 1. The van der Waals surface area contributed by atoms with Gasteiger partial charge in [-0.25, -0.2) is 0 Å². The van der Waals surface area contributed by atoms with Crippen LogP contribution in [0.2, 0.25) is 0 Å². The molecule has 0 saturated carbocycles. The molecule has 2 aromatic rings. The molecule has 2 aromatic carbocycles. The Bertz CT molecular complexity index is 539. The predicted molar refractivity (Wildman–Crippen MR) is 92.5 cm³/mol. The van der Waals surface area contributed by atoms with Gasteiger partial charge in [0.1, 0.15) is 0 Å². The lowest BCUT2D eigenvalue weighted by molar-refractivity contribution is 0.603. The molecule has 0 radical (unpaired) electrons. The van der Waals surface area contributed by atoms with Crippen LogP contribution in [0.4, 0.5) is 0 Å². The average molecular weight is 350 g/mol. The Morgan fingerprint density at radius 3 is 2.45 bits per heavy atom. The Kier molecular flexibility index (Phi) is 6.14. The van der Waals surface area contributed by atoms with Crippen LogP contribution in [-0.2, 0) is 0 Å². The minimum absolute atomic E-state index is 0.398. The minimum Gasteiger partial charge on any atom is -0.309 e. The van der Waals surface area contributed by atoms with E-state index in [1.807, 2.05) is 11.8 Å². The van der Waals surface area contributed by atoms with Crippen molar-refractivity contribution in [2.75, 3.05) is 12.3 Å². The zero-order valence-corrected chi connectivity index (χ0v) is 14.3. The van der Waals surface area contributed by atoms with Crippen molar-refractivity contribution in [2.45, 2.75) is 24.8 Å². The molecule has 1 N–H and O–H groups in total. The third kappa shape index (κ3) is 4.37. The highest BCUT2D eigenvalue weighted by molar-refractivity contribution is 9.10. The van der Waals surface area contributed by atoms with Crippen LogP contribution in [0.3, 0.4) is 0 Å². The third-order valence-corrected chi connectivity index (χ3v) is 4.88. The van der Waals surface area contributed by atoms with Gasteiger partial charge in [0.05, 0.1) is 0 Å². The lowest BCUT2D eigenvalue weighted by Crippen LogP contribution is -2.23. The average Bonchev–Trinajstić information content (AvgIpc) is 2.46. The van der Waals surface area contributed by atoms with Crippen molar-refractivity contribution in [3.05, 3.63) is 64.1 Å². The van der Waals surface area contributed by atoms with Crippen molar-refractivity contribution < 1.29 is 0 Å². The molecule has 0 aliphatic heterocycles. The van der Waals surface area contributed by atoms with Crippen LogP contribution in [0.1, 0.15) is 24.1 Å². The second-order valence-electron chi connectivity index (χ2n) is 4.73. The third-order valence-electron chi connectivity index (χ3n) is 3.24. The van der Waals surface area contributed by atoms with E-state index in [1.165, 1.54) is 16.0 Å². The first kappa shape index (κ1) is 15.6. The lowest BCUT2D eigenvalue weighted by atomic mass is 10.0. The Morgan fingerprint density at radius 2 is 1.80 bits per heavy atom. The van der Waals surface area contributed by atoms with Crippen molar-refractivity contribution in [3.8, 4) is 0 Å². The summed E-state index contributed by atoms with van der Waals surface area (Å²) in [6.45, 7) is 5.33. The van der Waals surface area contributed by atoms with E-state index in [0.29, 0.717) is 6.04 Å². The molecular weight excluding hydrogens is 330 g/mol. The quantitative estimate of drug-likeness (QED) is 0.719. The van der Waals surface area contributed by atoms with Crippen LogP contribution in [0.5, 0.6) is 0 Å². The zero-order chi connectivity index (χ0) is 14.4. The van der Waals surface area contributed by atoms with E-state index in [9.17, 15) is 0 Å². The summed E-state index contributed by atoms with van der Waals surface area (Å²) in [6, 6.07) is 17.5. The molecule has 1 unspecified atom stereocenters. The predicted octanol–water partition coefficient (Wildman–Crippen LogP) is 5.20. The second kappa shape index (κ2) is 7.87. The first-order chi connectivity index (χ1) is 9.70. The van der Waals surface area contributed by atoms with Crippen LogP contribution in [-0.4, -0.2) is 12.3 Å². The molecule has 0 aliphatic rings. The van der Waals surface area contributed by atoms with Crippen molar-refractivity contribution in [1.29, 1.82) is 0 Å². The molecule has 2 rings (SSSR count). The van der Waals surface area contributed by atoms with E-state index in [1.54, 1.807) is 0 Å². The molecule has 20 heavy (non-hydrogen) atoms. The van der Waals surface area contributed by atoms with Crippen LogP contribution in [0.25, 0.3) is 0 Å². The van der Waals surface area contributed by atoms with E-state index in [2.05, 4.69) is 83.6 Å². The van der Waals surface area contributed by atoms with Crippen molar-refractivity contribution in [2.24, 2.45) is 0 Å². The maximum Gasteiger partial charge on any atom is 0.0417 e. The number of aryl methyl sites for hydroxylation is 1. The number of benzene rings is 2. The molecule has 106 valence electrons. The number of thioether (sulfide) groups is 1. The van der Waals surface area contributed by atoms with Gasteiger partial charge in [-0.1, -0.05) is 47.1 Å². The number of hydrogen-bond donors (Lipinski definition) is 1. The number of hydrogen-bond acceptors (Lipinski definition) is 2. The lowest BCUT2D eigenvalue weighted by Gasteiger charge is -2.20. The summed E-state index contributed by atoms with van der Waals surface area (Å²) in [7, 11) is 0. The highest BCUT2D eigenvalue weighted by Gasteiger charge is 2.12. The van der Waals surface area contributed by atoms with Crippen LogP contribution < -0.4 is 5.32 Å². The van der Waals surface area contributed by atoms with Gasteiger partial charge in [0.25, 0.3) is 0 Å². The molecule has 0 bridgehead atoms. The molecule has 0 spiro atoms. The maximum absolute atomic E-state index is 3.59. The van der Waals surface area contributed by atoms with Gasteiger partial charge >= 0.3 is 0 Å². The zero-order valence-electron chi connectivity index (χ0n) is 11.9. The normalized spacial score (nSPS) is 12.3. The van der Waals surface area contributed by atoms with Crippen molar-refractivity contribution in [3.63, 3.8) is 0 Å². The van der Waals surface area contributed by atoms with Crippen LogP contribution in [0, 0.1) is 6.92 Å². The van der Waals surface area contributed by atoms with Gasteiger partial charge in [-0.3, -0.25) is 0 Å². The van der Waals surface area contributed by atoms with E-state index < -0.39 is 0 Å². The Morgan fingerprint density at radius 1 is 1.10 bits per heavy atom. The van der Waals surface area contributed by atoms with E-state index >= 15 is 0 Å². The molecule has 0 aliphatic carbocycles. The summed E-state index contributed by atoms with van der Waals surface area (Å²) in [5.74, 6) is 1.04. The second-order valence-corrected chi connectivity index (χ2v) is 6.74. The minimum atomic E-state index is 0.398. The van der Waals surface area contributed by atoms with Crippen molar-refractivity contribution >= 4 is 27.7 Å². The summed E-state index contributed by atoms with van der Waals surface area (Å²) >= 11 is 5.37. The topological polar surface area (TPSA) is 12.0 Å². The summed E-state index contributed by atoms with van der Waals surface area (Å²) in [5, 5.41) is 3.59. The SMILES string of the molecule is CCNC(CSc1ccc(Br)cc1)c1ccccc1C. The largest absolute Gasteiger partial charge is 0.309 e. The first-order valence-electron chi connectivity index (χ1n) is 6.88. The van der Waals surface area contributed by atoms with E-state index in [-0.39, 0.29) is 0 Å². The van der Waals surface area contributed by atoms with Gasteiger partial charge in [0.15, 0.2) is 0 Å². The maximum atomic E-state index is 3.59. The van der Waals surface area contributed by atoms with Gasteiger partial charge in [-0.05, 0) is 48.9 Å². The summed E-state index contributed by atoms with van der Waals surface area (Å²) in [5.41, 5.74) is 2.76. The van der Waals surface area contributed by atoms with Gasteiger partial charge in [0, 0.05) is 21.2 Å². The molecule has 0 aromatic heterocycles. The number of rotatable bonds is 6. The fourth-order valence-electron chi connectivity index (χ4n) is 2.19. The smallest absolute Gasteiger partial charge is 0.0417 e. The fourth-order valence-corrected chi connectivity index (χ4v) is 3.44. The summed E-state index contributed by atoms with van der Waals surface area (Å²) in [6.07, 6.45) is 0. The summed E-state index contributed by atoms with van der Waals surface area (Å²) in [4.78, 5) is 1.31. The fraction of sp³-hybridized carbons (Fsp3) is 0.294. The summed E-state index contributed by atoms with van der Waals surface area (Å²) < 4.78 is 1.13. The Balaban J connectivity index is 2.06. The van der Waals surface area contributed by atoms with Crippen LogP contribution >= 0.6 is 27.7 Å². The van der Waals surface area contributed by atoms with Gasteiger partial charge in [-0.15, -0.1) is 11.8 Å². The molecule has 1 atom stereocenters. The molecule has 0 fully saturated rings. The Labute approximate surface area is 134 Å². The molecule has 3 heteroatoms. The standard InChI is InChI=1S/C17H20BrNS/c1-3-19-17(16-7-5-4-6-13(16)2)12-20-15-10-8-14(18)9-11-15/h4-11,17,19H,3,12H2,1-2H3. The van der Waals surface area contributed by atoms with E-state index in [0.717, 1.165) is 16.8 Å². The van der Waals surface area contributed by atoms with Crippen LogP contribution in [0.15, 0.2) is 57.9 Å². The molecule has 0 saturated heterocycles. The first-order valence-corrected chi connectivity index (χ1v) is 8.66. The molecular formula is C17H20BrNS. The van der Waals surface area contributed by atoms with Gasteiger partial charge < -0.3 is 5.32 Å². The van der Waals surface area contributed by atoms with Gasteiger partial charge in [0.2, 0.25) is 0 Å². The molecule has 0 heterocycles. The molecule has 1 nitrogen and oxygen atoms in total. The Hall–Kier alpha value is -0.770. The highest BCUT2D eigenvalue weighted by atomic mass is 79.9. The van der Waals surface area contributed by atoms with Gasteiger partial charge in [-0.2, -0.15) is 0 Å². The number of nitrogens with one attached hydrogen (secondary N) is 1. The highest BCUT2D eigenvalue weighted by Crippen LogP contribution is 2.27.